The van der Waals surface area contributed by atoms with Crippen LogP contribution < -0.4 is 16.0 Å². The van der Waals surface area contributed by atoms with Crippen LogP contribution in [0.2, 0.25) is 0 Å². The van der Waals surface area contributed by atoms with Crippen molar-refractivity contribution < 1.29 is 23.9 Å². The van der Waals surface area contributed by atoms with Gasteiger partial charge in [0.2, 0.25) is 17.7 Å². The summed E-state index contributed by atoms with van der Waals surface area (Å²) in [5.74, 6) is -2.13. The number of esters is 1. The molecular weight excluding hydrogens is 484 g/mol. The minimum Gasteiger partial charge on any atom is -0.460 e. The molecule has 2 aromatic rings. The first-order valence-electron chi connectivity index (χ1n) is 13.8. The topological polar surface area (TPSA) is 129 Å². The van der Waals surface area contributed by atoms with E-state index < -0.39 is 42.0 Å². The van der Waals surface area contributed by atoms with Gasteiger partial charge in [-0.25, -0.2) is 4.79 Å². The molecule has 3 rings (SSSR count). The van der Waals surface area contributed by atoms with E-state index >= 15 is 0 Å². The summed E-state index contributed by atoms with van der Waals surface area (Å²) in [5, 5.41) is 9.33. The number of nitrogens with one attached hydrogen (secondary N) is 4. The molecule has 0 unspecified atom stereocenters. The first-order chi connectivity index (χ1) is 18.1. The highest BCUT2D eigenvalue weighted by molar-refractivity contribution is 5.94. The molecule has 0 bridgehead atoms. The molecule has 4 N–H and O–H groups in total. The number of ether oxygens (including phenoxy) is 1. The standard InChI is InChI=1S/C29H42N4O5/c1-6-8-11-18(4)24-15-25(34)32-23(14-20-16-30-22-13-10-9-12-21(20)22)28(36)31-19(5)27(35)33-26(17(3)7-2)29(37)38-24/h9-10,12-13,16-19,23-24,26,30H,6-8,11,14-15H2,1-5H3,(H,31,36)(H,32,34)(H,33,35)/t17-,18-,19-,23+,24-,26+/m0/s1. The number of amides is 3. The lowest BCUT2D eigenvalue weighted by atomic mass is 9.94. The SMILES string of the molecule is CCCC[C@H](C)[C@@H]1CC(=O)N[C@H](Cc2c[nH]c3ccccc23)C(=O)N[C@@H](C)C(=O)N[C@H]([C@@H](C)CC)C(=O)O1. The molecule has 0 aliphatic carbocycles. The summed E-state index contributed by atoms with van der Waals surface area (Å²) in [4.78, 5) is 56.1. The Bertz CT molecular complexity index is 1130. The minimum absolute atomic E-state index is 0.0645. The van der Waals surface area contributed by atoms with Gasteiger partial charge in [0.25, 0.3) is 0 Å². The summed E-state index contributed by atoms with van der Waals surface area (Å²) in [6.07, 6.45) is 4.68. The average Bonchev–Trinajstić information content (AvgIpc) is 3.31. The fourth-order valence-corrected chi connectivity index (χ4v) is 4.79. The zero-order valence-electron chi connectivity index (χ0n) is 23.1. The number of carbonyl (C=O) groups is 4. The molecule has 1 aliphatic heterocycles. The van der Waals surface area contributed by atoms with Crippen molar-refractivity contribution in [2.75, 3.05) is 0 Å². The van der Waals surface area contributed by atoms with E-state index in [9.17, 15) is 19.2 Å². The Kier molecular flexibility index (Phi) is 10.3. The number of unbranched alkanes of at least 4 members (excludes halogenated alkanes) is 1. The van der Waals surface area contributed by atoms with Gasteiger partial charge in [-0.15, -0.1) is 0 Å². The molecular formula is C29H42N4O5. The molecule has 9 heteroatoms. The monoisotopic (exact) mass is 526 g/mol. The van der Waals surface area contributed by atoms with Crippen molar-refractivity contribution in [1.82, 2.24) is 20.9 Å². The maximum atomic E-state index is 13.4. The first-order valence-corrected chi connectivity index (χ1v) is 13.8. The number of hydrogen-bond donors (Lipinski definition) is 4. The Balaban J connectivity index is 1.93. The van der Waals surface area contributed by atoms with E-state index in [2.05, 4.69) is 27.9 Å². The van der Waals surface area contributed by atoms with Gasteiger partial charge in [-0.05, 0) is 36.8 Å². The number of para-hydroxylation sites is 1. The second-order valence-corrected chi connectivity index (χ2v) is 10.6. The molecule has 1 saturated heterocycles. The van der Waals surface area contributed by atoms with E-state index in [1.807, 2.05) is 51.2 Å². The van der Waals surface area contributed by atoms with E-state index in [-0.39, 0.29) is 30.6 Å². The third-order valence-electron chi connectivity index (χ3n) is 7.57. The molecule has 1 aliphatic rings. The zero-order chi connectivity index (χ0) is 27.8. The first kappa shape index (κ1) is 29.2. The molecule has 6 atom stereocenters. The van der Waals surface area contributed by atoms with Crippen LogP contribution in [0.25, 0.3) is 10.9 Å². The molecule has 9 nitrogen and oxygen atoms in total. The van der Waals surface area contributed by atoms with E-state index in [0.717, 1.165) is 35.7 Å². The smallest absolute Gasteiger partial charge is 0.329 e. The number of carbonyl (C=O) groups excluding carboxylic acids is 4. The normalized spacial score (nSPS) is 25.2. The van der Waals surface area contributed by atoms with Crippen LogP contribution in [0.5, 0.6) is 0 Å². The molecule has 3 amide bonds. The molecule has 1 aromatic carbocycles. The Morgan fingerprint density at radius 2 is 1.71 bits per heavy atom. The Labute approximate surface area is 224 Å². The Morgan fingerprint density at radius 1 is 0.974 bits per heavy atom. The molecule has 1 aromatic heterocycles. The van der Waals surface area contributed by atoms with Gasteiger partial charge >= 0.3 is 5.97 Å². The lowest BCUT2D eigenvalue weighted by Gasteiger charge is -2.29. The molecule has 2 heterocycles. The largest absolute Gasteiger partial charge is 0.460 e. The Morgan fingerprint density at radius 3 is 2.42 bits per heavy atom. The molecule has 0 radical (unpaired) electrons. The van der Waals surface area contributed by atoms with Crippen LogP contribution in [0.15, 0.2) is 30.5 Å². The summed E-state index contributed by atoms with van der Waals surface area (Å²) in [6, 6.07) is 5.03. The van der Waals surface area contributed by atoms with E-state index in [1.165, 1.54) is 0 Å². The fourth-order valence-electron chi connectivity index (χ4n) is 4.79. The van der Waals surface area contributed by atoms with Gasteiger partial charge in [0.15, 0.2) is 0 Å². The number of rotatable bonds is 8. The van der Waals surface area contributed by atoms with E-state index in [1.54, 1.807) is 6.92 Å². The zero-order valence-corrected chi connectivity index (χ0v) is 23.1. The second-order valence-electron chi connectivity index (χ2n) is 10.6. The highest BCUT2D eigenvalue weighted by Gasteiger charge is 2.35. The van der Waals surface area contributed by atoms with Crippen molar-refractivity contribution in [2.45, 2.75) is 97.4 Å². The van der Waals surface area contributed by atoms with Crippen molar-refractivity contribution in [3.63, 3.8) is 0 Å². The van der Waals surface area contributed by atoms with Gasteiger partial charge < -0.3 is 25.7 Å². The van der Waals surface area contributed by atoms with Crippen LogP contribution in [-0.4, -0.2) is 52.9 Å². The van der Waals surface area contributed by atoms with Gasteiger partial charge in [-0.3, -0.25) is 14.4 Å². The van der Waals surface area contributed by atoms with Crippen LogP contribution in [-0.2, 0) is 30.3 Å². The maximum absolute atomic E-state index is 13.4. The van der Waals surface area contributed by atoms with Gasteiger partial charge in [-0.1, -0.05) is 65.2 Å². The van der Waals surface area contributed by atoms with Crippen LogP contribution in [0.4, 0.5) is 0 Å². The fraction of sp³-hybridized carbons (Fsp3) is 0.586. The van der Waals surface area contributed by atoms with Crippen molar-refractivity contribution in [3.05, 3.63) is 36.0 Å². The van der Waals surface area contributed by atoms with Crippen LogP contribution in [0.3, 0.4) is 0 Å². The molecule has 208 valence electrons. The second kappa shape index (κ2) is 13.4. The number of H-pyrrole nitrogens is 1. The minimum atomic E-state index is -0.913. The van der Waals surface area contributed by atoms with Crippen molar-refractivity contribution in [1.29, 1.82) is 0 Å². The van der Waals surface area contributed by atoms with Crippen LogP contribution in [0.1, 0.15) is 72.3 Å². The Hall–Kier alpha value is -3.36. The van der Waals surface area contributed by atoms with E-state index in [0.29, 0.717) is 6.42 Å². The van der Waals surface area contributed by atoms with Gasteiger partial charge in [0.1, 0.15) is 24.2 Å². The van der Waals surface area contributed by atoms with Crippen molar-refractivity contribution in [3.8, 4) is 0 Å². The maximum Gasteiger partial charge on any atom is 0.329 e. The summed E-state index contributed by atoms with van der Waals surface area (Å²) in [6.45, 7) is 9.41. The lowest BCUT2D eigenvalue weighted by Crippen LogP contribution is -2.55. The van der Waals surface area contributed by atoms with Gasteiger partial charge in [0, 0.05) is 23.5 Å². The van der Waals surface area contributed by atoms with Crippen LogP contribution in [0, 0.1) is 11.8 Å². The van der Waals surface area contributed by atoms with Crippen molar-refractivity contribution in [2.24, 2.45) is 11.8 Å². The number of benzene rings is 1. The quantitative estimate of drug-likeness (QED) is 0.392. The predicted molar refractivity (Wildman–Crippen MR) is 146 cm³/mol. The average molecular weight is 527 g/mol. The third kappa shape index (κ3) is 7.36. The van der Waals surface area contributed by atoms with Crippen LogP contribution >= 0.6 is 0 Å². The van der Waals surface area contributed by atoms with E-state index in [4.69, 9.17) is 4.74 Å². The number of aromatic nitrogens is 1. The third-order valence-corrected chi connectivity index (χ3v) is 7.57. The highest BCUT2D eigenvalue weighted by atomic mass is 16.5. The number of cyclic esters (lactones) is 1. The molecule has 38 heavy (non-hydrogen) atoms. The lowest BCUT2D eigenvalue weighted by molar-refractivity contribution is -0.158. The predicted octanol–water partition coefficient (Wildman–Crippen LogP) is 3.37. The number of hydrogen-bond acceptors (Lipinski definition) is 5. The summed E-state index contributed by atoms with van der Waals surface area (Å²) < 4.78 is 5.91. The number of aromatic amines is 1. The molecule has 1 fully saturated rings. The molecule has 0 saturated carbocycles. The van der Waals surface area contributed by atoms with Crippen molar-refractivity contribution >= 4 is 34.6 Å². The van der Waals surface area contributed by atoms with Gasteiger partial charge in [-0.2, -0.15) is 0 Å². The van der Waals surface area contributed by atoms with Gasteiger partial charge in [0.05, 0.1) is 6.42 Å². The summed E-state index contributed by atoms with van der Waals surface area (Å²) >= 11 is 0. The molecule has 0 spiro atoms. The summed E-state index contributed by atoms with van der Waals surface area (Å²) in [7, 11) is 0. The highest BCUT2D eigenvalue weighted by Crippen LogP contribution is 2.22. The number of fused-ring (bicyclic) bond motifs is 1. The summed E-state index contributed by atoms with van der Waals surface area (Å²) in [5.41, 5.74) is 1.80.